The quantitative estimate of drug-likeness (QED) is 0.544. The summed E-state index contributed by atoms with van der Waals surface area (Å²) in [4.78, 5) is 14.7. The Morgan fingerprint density at radius 3 is 2.68 bits per heavy atom. The molecule has 1 saturated heterocycles. The molecule has 7 nitrogen and oxygen atoms in total. The third-order valence-electron chi connectivity index (χ3n) is 4.98. The highest BCUT2D eigenvalue weighted by atomic mass is 32.2. The maximum atomic E-state index is 13.7. The van der Waals surface area contributed by atoms with Gasteiger partial charge in [0.2, 0.25) is 0 Å². The van der Waals surface area contributed by atoms with Gasteiger partial charge in [0.15, 0.2) is 11.5 Å². The summed E-state index contributed by atoms with van der Waals surface area (Å²) in [6.45, 7) is 2.63. The third-order valence-corrected chi connectivity index (χ3v) is 6.12. The van der Waals surface area contributed by atoms with Crippen LogP contribution in [0.25, 0.3) is 0 Å². The van der Waals surface area contributed by atoms with Crippen molar-refractivity contribution < 1.29 is 31.3 Å². The number of hydrogen-bond donors (Lipinski definition) is 0. The van der Waals surface area contributed by atoms with Gasteiger partial charge in [0, 0.05) is 25.3 Å². The molecule has 168 valence electrons. The first-order valence-corrected chi connectivity index (χ1v) is 11.6. The number of amides is 1. The molecule has 9 heteroatoms. The van der Waals surface area contributed by atoms with E-state index < -0.39 is 15.9 Å². The van der Waals surface area contributed by atoms with Crippen molar-refractivity contribution in [2.45, 2.75) is 32.4 Å². The SMILES string of the molecule is CCS(=O)(=O)Oc1cc(CN(C[C@@H]2CCCO2)C(=O)c2cccc(F)c2)ccc1OC. The number of rotatable bonds is 9. The smallest absolute Gasteiger partial charge is 0.309 e. The van der Waals surface area contributed by atoms with Gasteiger partial charge >= 0.3 is 10.1 Å². The lowest BCUT2D eigenvalue weighted by molar-refractivity contribution is 0.0507. The number of halogens is 1. The van der Waals surface area contributed by atoms with Crippen LogP contribution in [0.3, 0.4) is 0 Å². The molecule has 0 aliphatic carbocycles. The minimum Gasteiger partial charge on any atom is -0.493 e. The van der Waals surface area contributed by atoms with Crippen molar-refractivity contribution in [3.05, 3.63) is 59.4 Å². The van der Waals surface area contributed by atoms with Crippen LogP contribution < -0.4 is 8.92 Å². The van der Waals surface area contributed by atoms with Crippen LogP contribution in [0, 0.1) is 5.82 Å². The third kappa shape index (κ3) is 6.18. The van der Waals surface area contributed by atoms with Gasteiger partial charge in [-0.1, -0.05) is 12.1 Å². The Kier molecular flexibility index (Phi) is 7.50. The van der Waals surface area contributed by atoms with Gasteiger partial charge in [0.25, 0.3) is 5.91 Å². The number of carbonyl (C=O) groups excluding carboxylic acids is 1. The topological polar surface area (TPSA) is 82.1 Å². The second kappa shape index (κ2) is 10.1. The summed E-state index contributed by atoms with van der Waals surface area (Å²) in [5, 5.41) is 0. The lowest BCUT2D eigenvalue weighted by Crippen LogP contribution is -2.37. The van der Waals surface area contributed by atoms with E-state index in [1.165, 1.54) is 38.3 Å². The molecule has 2 aromatic carbocycles. The van der Waals surface area contributed by atoms with E-state index in [9.17, 15) is 17.6 Å². The minimum absolute atomic E-state index is 0.0529. The zero-order chi connectivity index (χ0) is 22.4. The molecule has 1 aliphatic rings. The van der Waals surface area contributed by atoms with E-state index in [4.69, 9.17) is 13.7 Å². The minimum atomic E-state index is -3.76. The van der Waals surface area contributed by atoms with Crippen LogP contribution in [0.15, 0.2) is 42.5 Å². The molecule has 1 aliphatic heterocycles. The van der Waals surface area contributed by atoms with Crippen molar-refractivity contribution in [3.63, 3.8) is 0 Å². The zero-order valence-electron chi connectivity index (χ0n) is 17.5. The van der Waals surface area contributed by atoms with Crippen LogP contribution in [-0.4, -0.2) is 51.3 Å². The molecule has 31 heavy (non-hydrogen) atoms. The van der Waals surface area contributed by atoms with Crippen molar-refractivity contribution in [2.75, 3.05) is 26.0 Å². The monoisotopic (exact) mass is 451 g/mol. The van der Waals surface area contributed by atoms with Gasteiger partial charge in [-0.15, -0.1) is 0 Å². The number of methoxy groups -OCH3 is 1. The summed E-state index contributed by atoms with van der Waals surface area (Å²) in [6.07, 6.45) is 1.65. The molecule has 0 unspecified atom stereocenters. The standard InChI is InChI=1S/C22H26FNO6S/c1-3-31(26,27)30-21-12-16(9-10-20(21)28-2)14-24(15-19-8-5-11-29-19)22(25)17-6-4-7-18(23)13-17/h4,6-7,9-10,12-13,19H,3,5,8,11,14-15H2,1-2H3/t19-/m0/s1. The maximum Gasteiger partial charge on any atom is 0.309 e. The summed E-state index contributed by atoms with van der Waals surface area (Å²) in [7, 11) is -2.34. The first-order valence-electron chi connectivity index (χ1n) is 10.1. The summed E-state index contributed by atoms with van der Waals surface area (Å²) in [6, 6.07) is 10.4. The molecule has 0 bridgehead atoms. The van der Waals surface area contributed by atoms with E-state index in [2.05, 4.69) is 0 Å². The van der Waals surface area contributed by atoms with Crippen LogP contribution in [0.4, 0.5) is 4.39 Å². The van der Waals surface area contributed by atoms with E-state index in [1.54, 1.807) is 23.1 Å². The molecule has 2 aromatic rings. The number of ether oxygens (including phenoxy) is 2. The number of carbonyl (C=O) groups is 1. The molecule has 0 spiro atoms. The fourth-order valence-corrected chi connectivity index (χ4v) is 3.88. The molecule has 0 radical (unpaired) electrons. The Labute approximate surface area is 181 Å². The van der Waals surface area contributed by atoms with E-state index in [0.29, 0.717) is 18.7 Å². The van der Waals surface area contributed by atoms with Crippen LogP contribution in [-0.2, 0) is 21.4 Å². The van der Waals surface area contributed by atoms with E-state index in [-0.39, 0.29) is 41.4 Å². The van der Waals surface area contributed by atoms with Gasteiger partial charge in [-0.25, -0.2) is 4.39 Å². The molecule has 0 aromatic heterocycles. The molecule has 0 N–H and O–H groups in total. The Bertz CT molecular complexity index is 1020. The molecule has 0 saturated carbocycles. The fraction of sp³-hybridized carbons (Fsp3) is 0.409. The van der Waals surface area contributed by atoms with Gasteiger partial charge in [-0.3, -0.25) is 4.79 Å². The van der Waals surface area contributed by atoms with Crippen molar-refractivity contribution in [1.29, 1.82) is 0 Å². The normalized spacial score (nSPS) is 16.2. The van der Waals surface area contributed by atoms with Crippen LogP contribution in [0.5, 0.6) is 11.5 Å². The molecule has 1 heterocycles. The van der Waals surface area contributed by atoms with Gasteiger partial charge in [-0.05, 0) is 55.7 Å². The number of hydrogen-bond acceptors (Lipinski definition) is 6. The molecule has 1 fully saturated rings. The highest BCUT2D eigenvalue weighted by molar-refractivity contribution is 7.87. The molecule has 1 atom stereocenters. The fourth-order valence-electron chi connectivity index (χ4n) is 3.36. The summed E-state index contributed by atoms with van der Waals surface area (Å²) in [5.74, 6) is -0.703. The number of nitrogens with zero attached hydrogens (tertiary/aromatic N) is 1. The Morgan fingerprint density at radius 2 is 2.03 bits per heavy atom. The molecule has 3 rings (SSSR count). The lowest BCUT2D eigenvalue weighted by atomic mass is 10.1. The summed E-state index contributed by atoms with van der Waals surface area (Å²) >= 11 is 0. The van der Waals surface area contributed by atoms with Crippen molar-refractivity contribution in [3.8, 4) is 11.5 Å². The highest BCUT2D eigenvalue weighted by Gasteiger charge is 2.25. The van der Waals surface area contributed by atoms with Gasteiger partial charge in [0.1, 0.15) is 5.82 Å². The van der Waals surface area contributed by atoms with E-state index in [1.807, 2.05) is 0 Å². The van der Waals surface area contributed by atoms with Gasteiger partial charge < -0.3 is 18.6 Å². The van der Waals surface area contributed by atoms with Crippen molar-refractivity contribution in [2.24, 2.45) is 0 Å². The lowest BCUT2D eigenvalue weighted by Gasteiger charge is -2.26. The van der Waals surface area contributed by atoms with Crippen LogP contribution in [0.1, 0.15) is 35.7 Å². The van der Waals surface area contributed by atoms with Gasteiger partial charge in [0.05, 0.1) is 19.0 Å². The van der Waals surface area contributed by atoms with Crippen LogP contribution >= 0.6 is 0 Å². The second-order valence-corrected chi connectivity index (χ2v) is 9.11. The average molecular weight is 452 g/mol. The second-order valence-electron chi connectivity index (χ2n) is 7.25. The predicted molar refractivity (Wildman–Crippen MR) is 113 cm³/mol. The van der Waals surface area contributed by atoms with Crippen molar-refractivity contribution in [1.82, 2.24) is 4.90 Å². The predicted octanol–water partition coefficient (Wildman–Crippen LogP) is 3.38. The molecular formula is C22H26FNO6S. The Morgan fingerprint density at radius 1 is 1.23 bits per heavy atom. The average Bonchev–Trinajstić information content (AvgIpc) is 3.26. The largest absolute Gasteiger partial charge is 0.493 e. The van der Waals surface area contributed by atoms with Crippen LogP contribution in [0.2, 0.25) is 0 Å². The summed E-state index contributed by atoms with van der Waals surface area (Å²) in [5.41, 5.74) is 0.876. The maximum absolute atomic E-state index is 13.7. The first-order chi connectivity index (χ1) is 14.8. The summed E-state index contributed by atoms with van der Waals surface area (Å²) < 4.78 is 53.6. The van der Waals surface area contributed by atoms with Gasteiger partial charge in [-0.2, -0.15) is 8.42 Å². The van der Waals surface area contributed by atoms with E-state index >= 15 is 0 Å². The molecular weight excluding hydrogens is 425 g/mol. The Balaban J connectivity index is 1.88. The number of benzene rings is 2. The molecule has 1 amide bonds. The Hall–Kier alpha value is -2.65. The first kappa shape index (κ1) is 23.0. The highest BCUT2D eigenvalue weighted by Crippen LogP contribution is 2.30. The van der Waals surface area contributed by atoms with Crippen molar-refractivity contribution >= 4 is 16.0 Å². The zero-order valence-corrected chi connectivity index (χ0v) is 18.4. The van der Waals surface area contributed by atoms with E-state index in [0.717, 1.165) is 12.8 Å².